The van der Waals surface area contributed by atoms with Gasteiger partial charge in [-0.15, -0.1) is 0 Å². The van der Waals surface area contributed by atoms with Gasteiger partial charge < -0.3 is 4.74 Å². The largest absolute Gasteiger partial charge is 0.497 e. The van der Waals surface area contributed by atoms with Gasteiger partial charge in [0.15, 0.2) is 5.78 Å². The predicted octanol–water partition coefficient (Wildman–Crippen LogP) is 4.53. The molecule has 2 aromatic carbocycles. The molecule has 2 heteroatoms. The van der Waals surface area contributed by atoms with Gasteiger partial charge in [-0.2, -0.15) is 0 Å². The number of ether oxygens (including phenoxy) is 1. The van der Waals surface area contributed by atoms with Gasteiger partial charge in [-0.25, -0.2) is 0 Å². The van der Waals surface area contributed by atoms with Gasteiger partial charge in [0, 0.05) is 11.1 Å². The van der Waals surface area contributed by atoms with Gasteiger partial charge >= 0.3 is 0 Å². The van der Waals surface area contributed by atoms with E-state index < -0.39 is 0 Å². The topological polar surface area (TPSA) is 26.3 Å². The van der Waals surface area contributed by atoms with Crippen molar-refractivity contribution < 1.29 is 9.53 Å². The van der Waals surface area contributed by atoms with Gasteiger partial charge in [-0.3, -0.25) is 4.79 Å². The molecule has 0 radical (unpaired) electrons. The first kappa shape index (κ1) is 14.3. The maximum atomic E-state index is 12.5. The third-order valence-corrected chi connectivity index (χ3v) is 3.84. The standard InChI is InChI=1S/C20H18O2/c1-22-19-11-7-16(8-12-19)14-18-10-9-17(20(18)21)13-15-5-3-2-4-6-15/h2-8,11-14H,9-10H2,1H3. The Morgan fingerprint density at radius 3 is 1.91 bits per heavy atom. The zero-order chi connectivity index (χ0) is 15.4. The summed E-state index contributed by atoms with van der Waals surface area (Å²) in [4.78, 5) is 12.5. The van der Waals surface area contributed by atoms with Crippen molar-refractivity contribution in [2.75, 3.05) is 7.11 Å². The van der Waals surface area contributed by atoms with E-state index in [1.54, 1.807) is 7.11 Å². The second-order valence-electron chi connectivity index (χ2n) is 5.35. The van der Waals surface area contributed by atoms with Crippen LogP contribution in [-0.4, -0.2) is 12.9 Å². The van der Waals surface area contributed by atoms with Gasteiger partial charge in [0.25, 0.3) is 0 Å². The molecular weight excluding hydrogens is 272 g/mol. The lowest BCUT2D eigenvalue weighted by Gasteiger charge is -2.00. The van der Waals surface area contributed by atoms with Crippen LogP contribution in [0.4, 0.5) is 0 Å². The number of rotatable bonds is 3. The van der Waals surface area contributed by atoms with Gasteiger partial charge in [0.2, 0.25) is 0 Å². The molecule has 1 aliphatic rings. The summed E-state index contributed by atoms with van der Waals surface area (Å²) in [6, 6.07) is 17.7. The van der Waals surface area contributed by atoms with Crippen LogP contribution in [-0.2, 0) is 4.79 Å². The zero-order valence-electron chi connectivity index (χ0n) is 12.6. The van der Waals surface area contributed by atoms with Gasteiger partial charge in [0.05, 0.1) is 7.11 Å². The number of carbonyl (C=O) groups excluding carboxylic acids is 1. The number of benzene rings is 2. The molecule has 1 fully saturated rings. The molecule has 110 valence electrons. The summed E-state index contributed by atoms with van der Waals surface area (Å²) in [6.45, 7) is 0. The molecule has 0 amide bonds. The molecular formula is C20H18O2. The molecule has 22 heavy (non-hydrogen) atoms. The van der Waals surface area contributed by atoms with E-state index in [2.05, 4.69) is 0 Å². The number of hydrogen-bond acceptors (Lipinski definition) is 2. The lowest BCUT2D eigenvalue weighted by molar-refractivity contribution is -0.111. The number of methoxy groups -OCH3 is 1. The first-order valence-electron chi connectivity index (χ1n) is 7.41. The lowest BCUT2D eigenvalue weighted by atomic mass is 10.1. The fourth-order valence-electron chi connectivity index (χ4n) is 2.63. The molecule has 0 unspecified atom stereocenters. The normalized spacial score (nSPS) is 18.1. The summed E-state index contributed by atoms with van der Waals surface area (Å²) >= 11 is 0. The molecule has 0 heterocycles. The van der Waals surface area contributed by atoms with Crippen LogP contribution < -0.4 is 4.74 Å². The van der Waals surface area contributed by atoms with Crippen molar-refractivity contribution in [2.45, 2.75) is 12.8 Å². The minimum Gasteiger partial charge on any atom is -0.497 e. The number of ketones is 1. The molecule has 3 rings (SSSR count). The average Bonchev–Trinajstić information content (AvgIpc) is 2.90. The van der Waals surface area contributed by atoms with Crippen LogP contribution in [0.2, 0.25) is 0 Å². The summed E-state index contributed by atoms with van der Waals surface area (Å²) in [5.74, 6) is 0.990. The molecule has 0 saturated heterocycles. The van der Waals surface area contributed by atoms with E-state index in [4.69, 9.17) is 4.74 Å². The van der Waals surface area contributed by atoms with Crippen LogP contribution in [0, 0.1) is 0 Å². The SMILES string of the molecule is COc1ccc(C=C2CCC(=Cc3ccccc3)C2=O)cc1. The van der Waals surface area contributed by atoms with Crippen LogP contribution in [0.3, 0.4) is 0 Å². The number of Topliss-reactive ketones (excluding diaryl/α,β-unsaturated/α-hetero) is 1. The average molecular weight is 290 g/mol. The second kappa shape index (κ2) is 6.44. The molecule has 2 aromatic rings. The van der Waals surface area contributed by atoms with Crippen molar-refractivity contribution in [3.63, 3.8) is 0 Å². The van der Waals surface area contributed by atoms with E-state index in [9.17, 15) is 4.79 Å². The molecule has 0 spiro atoms. The van der Waals surface area contributed by atoms with Crippen LogP contribution in [0.1, 0.15) is 24.0 Å². The van der Waals surface area contributed by atoms with Gasteiger partial charge in [-0.1, -0.05) is 42.5 Å². The molecule has 0 bridgehead atoms. The van der Waals surface area contributed by atoms with E-state index in [1.807, 2.05) is 66.7 Å². The van der Waals surface area contributed by atoms with Crippen LogP contribution in [0.25, 0.3) is 12.2 Å². The van der Waals surface area contributed by atoms with Crippen molar-refractivity contribution in [3.8, 4) is 5.75 Å². The van der Waals surface area contributed by atoms with Crippen molar-refractivity contribution in [3.05, 3.63) is 76.9 Å². The Morgan fingerprint density at radius 2 is 1.36 bits per heavy atom. The van der Waals surface area contributed by atoms with E-state index in [0.717, 1.165) is 40.9 Å². The molecule has 0 N–H and O–H groups in total. The number of allylic oxidation sites excluding steroid dienone is 2. The summed E-state index contributed by atoms with van der Waals surface area (Å²) in [5.41, 5.74) is 3.89. The first-order chi connectivity index (χ1) is 10.8. The Balaban J connectivity index is 1.81. The van der Waals surface area contributed by atoms with Crippen LogP contribution in [0.15, 0.2) is 65.7 Å². The third kappa shape index (κ3) is 3.17. The monoisotopic (exact) mass is 290 g/mol. The van der Waals surface area contributed by atoms with Gasteiger partial charge in [0.1, 0.15) is 5.75 Å². The molecule has 0 atom stereocenters. The maximum absolute atomic E-state index is 12.5. The predicted molar refractivity (Wildman–Crippen MR) is 89.6 cm³/mol. The minimum absolute atomic E-state index is 0.166. The number of hydrogen-bond donors (Lipinski definition) is 0. The van der Waals surface area contributed by atoms with Crippen LogP contribution >= 0.6 is 0 Å². The van der Waals surface area contributed by atoms with E-state index in [1.165, 1.54) is 0 Å². The first-order valence-corrected chi connectivity index (χ1v) is 7.41. The summed E-state index contributed by atoms with van der Waals surface area (Å²) < 4.78 is 5.15. The smallest absolute Gasteiger partial charge is 0.185 e. The Kier molecular flexibility index (Phi) is 4.19. The Morgan fingerprint density at radius 1 is 0.818 bits per heavy atom. The quantitative estimate of drug-likeness (QED) is 0.777. The third-order valence-electron chi connectivity index (χ3n) is 3.84. The fourth-order valence-corrected chi connectivity index (χ4v) is 2.63. The highest BCUT2D eigenvalue weighted by molar-refractivity contribution is 6.15. The van der Waals surface area contributed by atoms with E-state index >= 15 is 0 Å². The molecule has 1 saturated carbocycles. The highest BCUT2D eigenvalue weighted by Gasteiger charge is 2.22. The molecule has 2 nitrogen and oxygen atoms in total. The summed E-state index contributed by atoms with van der Waals surface area (Å²) in [7, 11) is 1.65. The van der Waals surface area contributed by atoms with E-state index in [0.29, 0.717) is 0 Å². The second-order valence-corrected chi connectivity index (χ2v) is 5.35. The number of carbonyl (C=O) groups is 1. The Bertz CT molecular complexity index is 722. The maximum Gasteiger partial charge on any atom is 0.185 e. The minimum atomic E-state index is 0.166. The molecule has 0 aliphatic heterocycles. The van der Waals surface area contributed by atoms with Crippen molar-refractivity contribution in [1.29, 1.82) is 0 Å². The summed E-state index contributed by atoms with van der Waals surface area (Å²) in [5, 5.41) is 0. The Labute approximate surface area is 130 Å². The van der Waals surface area contributed by atoms with E-state index in [-0.39, 0.29) is 5.78 Å². The van der Waals surface area contributed by atoms with Gasteiger partial charge in [-0.05, 0) is 48.3 Å². The molecule has 1 aliphatic carbocycles. The van der Waals surface area contributed by atoms with Crippen molar-refractivity contribution in [2.24, 2.45) is 0 Å². The fraction of sp³-hybridized carbons (Fsp3) is 0.150. The highest BCUT2D eigenvalue weighted by Crippen LogP contribution is 2.29. The van der Waals surface area contributed by atoms with Crippen molar-refractivity contribution >= 4 is 17.9 Å². The Hall–Kier alpha value is -2.61. The van der Waals surface area contributed by atoms with Crippen molar-refractivity contribution in [1.82, 2.24) is 0 Å². The zero-order valence-corrected chi connectivity index (χ0v) is 12.6. The lowest BCUT2D eigenvalue weighted by Crippen LogP contribution is -1.95. The molecule has 0 aromatic heterocycles. The highest BCUT2D eigenvalue weighted by atomic mass is 16.5. The van der Waals surface area contributed by atoms with Crippen LogP contribution in [0.5, 0.6) is 5.75 Å². The summed E-state index contributed by atoms with van der Waals surface area (Å²) in [6.07, 6.45) is 5.60.